The number of benzene rings is 3. The first kappa shape index (κ1) is 18.9. The van der Waals surface area contributed by atoms with Crippen LogP contribution in [0.15, 0.2) is 91.0 Å². The first-order valence-electron chi connectivity index (χ1n) is 9.68. The molecule has 0 radical (unpaired) electrons. The maximum Gasteiger partial charge on any atom is 0.310 e. The zero-order chi connectivity index (χ0) is 20.2. The van der Waals surface area contributed by atoms with Crippen molar-refractivity contribution in [1.82, 2.24) is 0 Å². The topological polar surface area (TPSA) is 66.4 Å². The summed E-state index contributed by atoms with van der Waals surface area (Å²) in [6, 6.07) is 28.0. The molecule has 0 N–H and O–H groups in total. The number of esters is 1. The van der Waals surface area contributed by atoms with Crippen LogP contribution in [0.4, 0.5) is 0 Å². The Morgan fingerprint density at radius 3 is 1.59 bits per heavy atom. The van der Waals surface area contributed by atoms with E-state index in [1.807, 2.05) is 91.0 Å². The molecule has 0 amide bonds. The molecule has 29 heavy (non-hydrogen) atoms. The fraction of sp³-hybridized carbons (Fsp3) is 0.200. The molecule has 3 aromatic carbocycles. The number of carboxylic acid groups (broad SMARTS) is 1. The lowest BCUT2D eigenvalue weighted by Crippen LogP contribution is -2.55. The van der Waals surface area contributed by atoms with E-state index in [4.69, 9.17) is 4.74 Å². The molecular weight excluding hydrogens is 364 g/mol. The van der Waals surface area contributed by atoms with Crippen LogP contribution in [0.1, 0.15) is 28.5 Å². The van der Waals surface area contributed by atoms with Crippen LogP contribution in [0.2, 0.25) is 0 Å². The first-order valence-corrected chi connectivity index (χ1v) is 9.68. The third-order valence-electron chi connectivity index (χ3n) is 5.68. The van der Waals surface area contributed by atoms with E-state index in [1.54, 1.807) is 0 Å². The first-order chi connectivity index (χ1) is 14.2. The summed E-state index contributed by atoms with van der Waals surface area (Å²) in [7, 11) is 0. The average Bonchev–Trinajstić information content (AvgIpc) is 2.73. The summed E-state index contributed by atoms with van der Waals surface area (Å²) in [4.78, 5) is 25.1. The Kier molecular flexibility index (Phi) is 5.43. The molecule has 1 aliphatic rings. The minimum atomic E-state index is -1.14. The van der Waals surface area contributed by atoms with Crippen molar-refractivity contribution < 1.29 is 19.4 Å². The van der Waals surface area contributed by atoms with Gasteiger partial charge >= 0.3 is 5.97 Å². The van der Waals surface area contributed by atoms with Crippen molar-refractivity contribution in [2.24, 2.45) is 11.8 Å². The van der Waals surface area contributed by atoms with E-state index in [2.05, 4.69) is 0 Å². The van der Waals surface area contributed by atoms with Crippen LogP contribution in [-0.4, -0.2) is 11.9 Å². The summed E-state index contributed by atoms with van der Waals surface area (Å²) < 4.78 is 5.61. The molecule has 0 saturated heterocycles. The van der Waals surface area contributed by atoms with E-state index in [-0.39, 0.29) is 12.6 Å². The molecular formula is C25H21O4-. The number of hydrogen-bond acceptors (Lipinski definition) is 4. The third-order valence-corrected chi connectivity index (χ3v) is 5.68. The zero-order valence-corrected chi connectivity index (χ0v) is 15.8. The lowest BCUT2D eigenvalue weighted by atomic mass is 9.52. The molecule has 146 valence electrons. The molecule has 0 aromatic heterocycles. The summed E-state index contributed by atoms with van der Waals surface area (Å²) in [6.07, 6.45) is 0. The van der Waals surface area contributed by atoms with Gasteiger partial charge in [0.25, 0.3) is 0 Å². The van der Waals surface area contributed by atoms with E-state index < -0.39 is 29.6 Å². The average molecular weight is 385 g/mol. The van der Waals surface area contributed by atoms with Crippen LogP contribution in [0, 0.1) is 11.8 Å². The van der Waals surface area contributed by atoms with E-state index in [9.17, 15) is 14.7 Å². The monoisotopic (exact) mass is 385 g/mol. The van der Waals surface area contributed by atoms with E-state index in [0.29, 0.717) is 0 Å². The predicted molar refractivity (Wildman–Crippen MR) is 107 cm³/mol. The van der Waals surface area contributed by atoms with Gasteiger partial charge in [0, 0.05) is 23.7 Å². The van der Waals surface area contributed by atoms with Crippen LogP contribution in [0.25, 0.3) is 0 Å². The third kappa shape index (κ3) is 3.79. The van der Waals surface area contributed by atoms with Crippen molar-refractivity contribution >= 4 is 11.9 Å². The zero-order valence-electron chi connectivity index (χ0n) is 15.8. The normalized spacial score (nSPS) is 23.0. The van der Waals surface area contributed by atoms with Gasteiger partial charge in [0.1, 0.15) is 6.61 Å². The maximum atomic E-state index is 13.1. The molecule has 2 atom stereocenters. The number of ether oxygens (including phenoxy) is 1. The second kappa shape index (κ2) is 8.31. The van der Waals surface area contributed by atoms with Gasteiger partial charge in [-0.1, -0.05) is 91.0 Å². The number of aliphatic carboxylic acids is 1. The number of carboxylic acids is 1. The van der Waals surface area contributed by atoms with Gasteiger partial charge in [-0.05, 0) is 16.7 Å². The summed E-state index contributed by atoms with van der Waals surface area (Å²) in [5.41, 5.74) is 2.52. The standard InChI is InChI=1S/C25H22O4/c26-24(27)22-20(18-12-6-2-7-13-18)23(21(22)19-14-8-3-9-15-19)25(28)29-16-17-10-4-1-5-11-17/h1-15,20-23H,16H2,(H,26,27)/p-1. The minimum Gasteiger partial charge on any atom is -0.550 e. The molecule has 4 heteroatoms. The quantitative estimate of drug-likeness (QED) is 0.611. The van der Waals surface area contributed by atoms with Gasteiger partial charge < -0.3 is 14.6 Å². The van der Waals surface area contributed by atoms with Crippen molar-refractivity contribution in [1.29, 1.82) is 0 Å². The molecule has 2 unspecified atom stereocenters. The Hall–Kier alpha value is -3.40. The van der Waals surface area contributed by atoms with Gasteiger partial charge in [-0.25, -0.2) is 0 Å². The largest absolute Gasteiger partial charge is 0.550 e. The molecule has 4 rings (SSSR count). The van der Waals surface area contributed by atoms with Gasteiger partial charge in [-0.2, -0.15) is 0 Å². The fourth-order valence-electron chi connectivity index (χ4n) is 4.34. The van der Waals surface area contributed by atoms with E-state index >= 15 is 0 Å². The minimum absolute atomic E-state index is 0.162. The number of carbonyl (C=O) groups excluding carboxylic acids is 2. The molecule has 0 bridgehead atoms. The Morgan fingerprint density at radius 1 is 0.690 bits per heavy atom. The highest BCUT2D eigenvalue weighted by Crippen LogP contribution is 2.57. The lowest BCUT2D eigenvalue weighted by Gasteiger charge is -2.51. The summed E-state index contributed by atoms with van der Waals surface area (Å²) >= 11 is 0. The molecule has 1 saturated carbocycles. The Bertz CT molecular complexity index is 922. The summed E-state index contributed by atoms with van der Waals surface area (Å²) in [5, 5.41) is 12.0. The highest BCUT2D eigenvalue weighted by atomic mass is 16.5. The highest BCUT2D eigenvalue weighted by Gasteiger charge is 2.56. The number of hydrogen-bond donors (Lipinski definition) is 0. The Balaban J connectivity index is 1.65. The van der Waals surface area contributed by atoms with E-state index in [1.165, 1.54) is 0 Å². The molecule has 1 aliphatic carbocycles. The van der Waals surface area contributed by atoms with Crippen molar-refractivity contribution in [3.05, 3.63) is 108 Å². The van der Waals surface area contributed by atoms with Gasteiger partial charge in [0.2, 0.25) is 0 Å². The van der Waals surface area contributed by atoms with Crippen molar-refractivity contribution in [2.45, 2.75) is 18.4 Å². The maximum absolute atomic E-state index is 13.1. The Labute approximate surface area is 169 Å². The smallest absolute Gasteiger partial charge is 0.310 e. The number of carbonyl (C=O) groups is 2. The van der Waals surface area contributed by atoms with Gasteiger partial charge in [0.15, 0.2) is 0 Å². The van der Waals surface area contributed by atoms with E-state index in [0.717, 1.165) is 16.7 Å². The fourth-order valence-corrected chi connectivity index (χ4v) is 4.34. The molecule has 0 spiro atoms. The summed E-state index contributed by atoms with van der Waals surface area (Å²) in [6.45, 7) is 0.162. The van der Waals surface area contributed by atoms with Crippen molar-refractivity contribution in [2.75, 3.05) is 0 Å². The van der Waals surface area contributed by atoms with Crippen LogP contribution >= 0.6 is 0 Å². The van der Waals surface area contributed by atoms with Crippen LogP contribution in [-0.2, 0) is 20.9 Å². The van der Waals surface area contributed by atoms with Crippen molar-refractivity contribution in [3.8, 4) is 0 Å². The van der Waals surface area contributed by atoms with Gasteiger partial charge in [-0.3, -0.25) is 4.79 Å². The Morgan fingerprint density at radius 2 is 1.14 bits per heavy atom. The SMILES string of the molecule is O=C([O-])C1C(c2ccccc2)C(C(=O)OCc2ccccc2)C1c1ccccc1. The number of rotatable bonds is 6. The van der Waals surface area contributed by atoms with Gasteiger partial charge in [0.05, 0.1) is 5.92 Å². The molecule has 3 aromatic rings. The molecule has 0 aliphatic heterocycles. The molecule has 0 heterocycles. The van der Waals surface area contributed by atoms with Gasteiger partial charge in [-0.15, -0.1) is 0 Å². The second-order valence-electron chi connectivity index (χ2n) is 7.34. The lowest BCUT2D eigenvalue weighted by molar-refractivity contribution is -0.317. The summed E-state index contributed by atoms with van der Waals surface area (Å²) in [5.74, 6) is -3.83. The van der Waals surface area contributed by atoms with Crippen LogP contribution in [0.5, 0.6) is 0 Å². The van der Waals surface area contributed by atoms with Crippen LogP contribution in [0.3, 0.4) is 0 Å². The van der Waals surface area contributed by atoms with Crippen LogP contribution < -0.4 is 5.11 Å². The molecule has 4 nitrogen and oxygen atoms in total. The predicted octanol–water partition coefficient (Wildman–Crippen LogP) is 3.29. The second-order valence-corrected chi connectivity index (χ2v) is 7.34. The molecule has 1 fully saturated rings. The highest BCUT2D eigenvalue weighted by molar-refractivity contribution is 5.83. The van der Waals surface area contributed by atoms with Crippen molar-refractivity contribution in [3.63, 3.8) is 0 Å².